The van der Waals surface area contributed by atoms with E-state index in [2.05, 4.69) is 33.3 Å². The average Bonchev–Trinajstić information content (AvgIpc) is 2.13. The normalized spacial score (nSPS) is 31.7. The van der Waals surface area contributed by atoms with Crippen molar-refractivity contribution >= 4 is 29.0 Å². The summed E-state index contributed by atoms with van der Waals surface area (Å²) in [7, 11) is 0. The third-order valence-corrected chi connectivity index (χ3v) is 3.92. The van der Waals surface area contributed by atoms with E-state index in [4.69, 9.17) is 9.84 Å². The van der Waals surface area contributed by atoms with Gasteiger partial charge in [0, 0.05) is 28.4 Å². The number of hydrogen-bond donors (Lipinski definition) is 2. The Kier molecular flexibility index (Phi) is 4.85. The van der Waals surface area contributed by atoms with Crippen molar-refractivity contribution in [3.05, 3.63) is 12.2 Å². The lowest BCUT2D eigenvalue weighted by Gasteiger charge is -2.29. The molecule has 0 fully saturated rings. The van der Waals surface area contributed by atoms with Crippen molar-refractivity contribution in [2.45, 2.75) is 44.2 Å². The van der Waals surface area contributed by atoms with Gasteiger partial charge in [-0.05, 0) is 38.7 Å². The molecule has 0 spiro atoms. The van der Waals surface area contributed by atoms with Crippen LogP contribution in [-0.2, 0) is 4.74 Å². The lowest BCUT2D eigenvalue weighted by atomic mass is 9.89. The molecule has 0 aromatic carbocycles. The highest BCUT2D eigenvalue weighted by atomic mass is 127. The average molecular weight is 325 g/mol. The molecule has 2 N–H and O–H groups in total. The first-order chi connectivity index (χ1) is 7.06. The van der Waals surface area contributed by atoms with Crippen molar-refractivity contribution in [2.75, 3.05) is 0 Å². The Labute approximate surface area is 104 Å². The van der Waals surface area contributed by atoms with E-state index >= 15 is 0 Å². The highest BCUT2D eigenvalue weighted by molar-refractivity contribution is 14.1. The maximum absolute atomic E-state index is 10.4. The molecule has 0 radical (unpaired) electrons. The predicted octanol–water partition coefficient (Wildman–Crippen LogP) is 2.88. The van der Waals surface area contributed by atoms with Gasteiger partial charge in [0.2, 0.25) is 0 Å². The minimum Gasteiger partial charge on any atom is -0.450 e. The maximum atomic E-state index is 10.4. The Bertz CT molecular complexity index is 257. The van der Waals surface area contributed by atoms with E-state index in [0.29, 0.717) is 0 Å². The fourth-order valence-corrected chi connectivity index (χ4v) is 2.18. The molecule has 86 valence electrons. The van der Waals surface area contributed by atoms with Crippen LogP contribution in [0.1, 0.15) is 32.6 Å². The van der Waals surface area contributed by atoms with Gasteiger partial charge in [0.05, 0.1) is 0 Å². The molecule has 15 heavy (non-hydrogen) atoms. The van der Waals surface area contributed by atoms with E-state index in [9.17, 15) is 4.79 Å². The summed E-state index contributed by atoms with van der Waals surface area (Å²) in [5, 5.41) is 8.51. The van der Waals surface area contributed by atoms with Crippen molar-refractivity contribution in [1.29, 1.82) is 0 Å². The molecule has 4 nitrogen and oxygen atoms in total. The second-order valence-corrected chi connectivity index (χ2v) is 4.64. The molecule has 0 aromatic heterocycles. The lowest BCUT2D eigenvalue weighted by molar-refractivity contribution is 0.0640. The molecular formula is C10H16INO3. The van der Waals surface area contributed by atoms with Crippen LogP contribution >= 0.6 is 22.9 Å². The Morgan fingerprint density at radius 3 is 3.07 bits per heavy atom. The molecule has 0 aromatic rings. The van der Waals surface area contributed by atoms with Crippen LogP contribution in [0.25, 0.3) is 0 Å². The quantitative estimate of drug-likeness (QED) is 0.355. The Balaban J connectivity index is 2.54. The van der Waals surface area contributed by atoms with Crippen LogP contribution < -0.4 is 3.53 Å². The van der Waals surface area contributed by atoms with Crippen LogP contribution in [0.2, 0.25) is 0 Å². The van der Waals surface area contributed by atoms with Crippen LogP contribution in [0.3, 0.4) is 0 Å². The van der Waals surface area contributed by atoms with Crippen molar-refractivity contribution in [1.82, 2.24) is 3.53 Å². The van der Waals surface area contributed by atoms with Gasteiger partial charge in [-0.25, -0.2) is 4.79 Å². The number of carbonyl (C=O) groups is 1. The maximum Gasteiger partial charge on any atom is 0.506 e. The number of nitrogens with one attached hydrogen (secondary N) is 1. The monoisotopic (exact) mass is 325 g/mol. The second kappa shape index (κ2) is 5.69. The molecular weight excluding hydrogens is 309 g/mol. The SMILES string of the molecule is CC1(NI)CC=CC(OC(=O)O)CCC1. The van der Waals surface area contributed by atoms with Crippen molar-refractivity contribution in [2.24, 2.45) is 0 Å². The largest absolute Gasteiger partial charge is 0.506 e. The molecule has 2 unspecified atom stereocenters. The molecule has 0 saturated heterocycles. The summed E-state index contributed by atoms with van der Waals surface area (Å²) in [5.74, 6) is 0. The van der Waals surface area contributed by atoms with E-state index in [-0.39, 0.29) is 11.6 Å². The summed E-state index contributed by atoms with van der Waals surface area (Å²) in [5.41, 5.74) is 0.116. The number of ether oxygens (including phenoxy) is 1. The first-order valence-corrected chi connectivity index (χ1v) is 6.08. The summed E-state index contributed by atoms with van der Waals surface area (Å²) in [6, 6.07) is 0. The van der Waals surface area contributed by atoms with Crippen molar-refractivity contribution in [3.63, 3.8) is 0 Å². The van der Waals surface area contributed by atoms with Crippen LogP contribution in [0.5, 0.6) is 0 Å². The molecule has 0 aliphatic heterocycles. The standard InChI is InChI=1S/C10H16INO3/c1-10(12-11)6-2-4-8(5-3-7-10)15-9(13)14/h2,4,8,12H,3,5-7H2,1H3,(H,13,14). The number of carboxylic acid groups (broad SMARTS) is 1. The number of halogens is 1. The minimum absolute atomic E-state index is 0.116. The second-order valence-electron chi connectivity index (χ2n) is 4.10. The first-order valence-electron chi connectivity index (χ1n) is 5.00. The summed E-state index contributed by atoms with van der Waals surface area (Å²) in [6.45, 7) is 2.17. The van der Waals surface area contributed by atoms with E-state index in [1.54, 1.807) is 0 Å². The Hall–Kier alpha value is -0.300. The van der Waals surface area contributed by atoms with Gasteiger partial charge in [0.25, 0.3) is 0 Å². The zero-order valence-electron chi connectivity index (χ0n) is 8.70. The Morgan fingerprint density at radius 1 is 1.73 bits per heavy atom. The minimum atomic E-state index is -1.19. The Morgan fingerprint density at radius 2 is 2.47 bits per heavy atom. The molecule has 1 aliphatic rings. The van der Waals surface area contributed by atoms with Gasteiger partial charge in [-0.3, -0.25) is 3.53 Å². The zero-order chi connectivity index (χ0) is 11.3. The van der Waals surface area contributed by atoms with Gasteiger partial charge < -0.3 is 9.84 Å². The van der Waals surface area contributed by atoms with Gasteiger partial charge in [-0.1, -0.05) is 6.08 Å². The van der Waals surface area contributed by atoms with Crippen LogP contribution in [0, 0.1) is 0 Å². The topological polar surface area (TPSA) is 58.6 Å². The fourth-order valence-electron chi connectivity index (χ4n) is 1.69. The van der Waals surface area contributed by atoms with Crippen molar-refractivity contribution < 1.29 is 14.6 Å². The molecule has 0 bridgehead atoms. The molecule has 5 heteroatoms. The third kappa shape index (κ3) is 4.38. The number of rotatable bonds is 2. The lowest BCUT2D eigenvalue weighted by Crippen LogP contribution is -2.36. The predicted molar refractivity (Wildman–Crippen MR) is 66.1 cm³/mol. The van der Waals surface area contributed by atoms with Crippen LogP contribution in [-0.4, -0.2) is 22.9 Å². The van der Waals surface area contributed by atoms with E-state index in [1.165, 1.54) is 0 Å². The third-order valence-electron chi connectivity index (χ3n) is 2.62. The van der Waals surface area contributed by atoms with Gasteiger partial charge in [-0.15, -0.1) is 0 Å². The molecule has 0 saturated carbocycles. The highest BCUT2D eigenvalue weighted by Gasteiger charge is 2.23. The van der Waals surface area contributed by atoms with Crippen molar-refractivity contribution in [3.8, 4) is 0 Å². The van der Waals surface area contributed by atoms with E-state index in [1.807, 2.05) is 12.2 Å². The number of hydrogen-bond acceptors (Lipinski definition) is 3. The summed E-state index contributed by atoms with van der Waals surface area (Å²) in [6.07, 6.45) is 6.03. The van der Waals surface area contributed by atoms with Gasteiger partial charge in [-0.2, -0.15) is 0 Å². The molecule has 0 amide bonds. The van der Waals surface area contributed by atoms with Gasteiger partial charge in [0.1, 0.15) is 6.10 Å². The summed E-state index contributed by atoms with van der Waals surface area (Å²) >= 11 is 2.17. The summed E-state index contributed by atoms with van der Waals surface area (Å²) < 4.78 is 8.00. The first kappa shape index (κ1) is 12.8. The molecule has 1 aliphatic carbocycles. The summed E-state index contributed by atoms with van der Waals surface area (Å²) in [4.78, 5) is 10.4. The molecule has 0 heterocycles. The van der Waals surface area contributed by atoms with E-state index in [0.717, 1.165) is 25.7 Å². The molecule has 1 rings (SSSR count). The van der Waals surface area contributed by atoms with Crippen LogP contribution in [0.4, 0.5) is 4.79 Å². The van der Waals surface area contributed by atoms with Gasteiger partial charge >= 0.3 is 6.16 Å². The highest BCUT2D eigenvalue weighted by Crippen LogP contribution is 2.24. The van der Waals surface area contributed by atoms with Gasteiger partial charge in [0.15, 0.2) is 0 Å². The zero-order valence-corrected chi connectivity index (χ0v) is 10.9. The smallest absolute Gasteiger partial charge is 0.450 e. The molecule has 2 atom stereocenters. The fraction of sp³-hybridized carbons (Fsp3) is 0.700. The van der Waals surface area contributed by atoms with E-state index < -0.39 is 6.16 Å². The van der Waals surface area contributed by atoms with Crippen LogP contribution in [0.15, 0.2) is 12.2 Å².